The summed E-state index contributed by atoms with van der Waals surface area (Å²) in [6, 6.07) is 10.3. The average Bonchev–Trinajstić information content (AvgIpc) is 2.60. The van der Waals surface area contributed by atoms with Crippen molar-refractivity contribution >= 4 is 23.4 Å². The van der Waals surface area contributed by atoms with Crippen molar-refractivity contribution in [1.82, 2.24) is 10.2 Å². The van der Waals surface area contributed by atoms with Crippen molar-refractivity contribution in [3.05, 3.63) is 69.5 Å². The van der Waals surface area contributed by atoms with E-state index in [0.717, 1.165) is 4.90 Å². The number of nitrogens with one attached hydrogen (secondary N) is 1. The van der Waals surface area contributed by atoms with Gasteiger partial charge in [-0.3, -0.25) is 14.9 Å². The van der Waals surface area contributed by atoms with E-state index in [1.54, 1.807) is 18.2 Å². The lowest BCUT2D eigenvalue weighted by Crippen LogP contribution is -2.34. The Morgan fingerprint density at radius 3 is 2.62 bits per heavy atom. The van der Waals surface area contributed by atoms with Gasteiger partial charge in [0.2, 0.25) is 0 Å². The molecule has 0 saturated heterocycles. The molecule has 1 amide bonds. The highest BCUT2D eigenvalue weighted by Gasteiger charge is 2.22. The molecule has 1 unspecified atom stereocenters. The molecule has 0 aliphatic heterocycles. The Morgan fingerprint density at radius 2 is 2.04 bits per heavy atom. The number of halogens is 1. The number of nitro benzene ring substituents is 1. The van der Waals surface area contributed by atoms with E-state index in [2.05, 4.69) is 5.32 Å². The molecule has 138 valence electrons. The smallest absolute Gasteiger partial charge is 0.282 e. The summed E-state index contributed by atoms with van der Waals surface area (Å²) < 4.78 is 13.5. The van der Waals surface area contributed by atoms with E-state index in [0.29, 0.717) is 5.56 Å². The second-order valence-corrected chi connectivity index (χ2v) is 6.76. The van der Waals surface area contributed by atoms with Crippen LogP contribution in [-0.4, -0.2) is 42.6 Å². The molecule has 0 aliphatic carbocycles. The minimum absolute atomic E-state index is 0.0126. The zero-order valence-corrected chi connectivity index (χ0v) is 15.5. The fourth-order valence-electron chi connectivity index (χ4n) is 2.58. The highest BCUT2D eigenvalue weighted by Crippen LogP contribution is 2.25. The molecule has 1 N–H and O–H groups in total. The Hall–Kier alpha value is -2.45. The van der Waals surface area contributed by atoms with Gasteiger partial charge >= 0.3 is 0 Å². The van der Waals surface area contributed by atoms with Gasteiger partial charge in [0.15, 0.2) is 0 Å². The van der Waals surface area contributed by atoms with E-state index < -0.39 is 10.8 Å². The zero-order chi connectivity index (χ0) is 19.3. The number of carbonyl (C=O) groups is 1. The van der Waals surface area contributed by atoms with Gasteiger partial charge in [0.1, 0.15) is 11.4 Å². The van der Waals surface area contributed by atoms with Crippen molar-refractivity contribution < 1.29 is 14.1 Å². The molecule has 2 aromatic carbocycles. The van der Waals surface area contributed by atoms with Gasteiger partial charge in [-0.05, 0) is 50.2 Å². The number of benzene rings is 2. The second-order valence-electron chi connectivity index (χ2n) is 5.88. The summed E-state index contributed by atoms with van der Waals surface area (Å²) in [5.41, 5.74) is 0.480. The molecule has 0 heterocycles. The molecule has 2 rings (SSSR count). The van der Waals surface area contributed by atoms with E-state index in [4.69, 9.17) is 0 Å². The first-order valence-electron chi connectivity index (χ1n) is 7.86. The molecule has 1 atom stereocenters. The predicted octanol–water partition coefficient (Wildman–Crippen LogP) is 3.49. The fraction of sp³-hybridized carbons (Fsp3) is 0.278. The Bertz CT molecular complexity index is 814. The molecule has 2 aromatic rings. The third-order valence-electron chi connectivity index (χ3n) is 3.96. The predicted molar refractivity (Wildman–Crippen MR) is 100 cm³/mol. The van der Waals surface area contributed by atoms with Crippen LogP contribution in [-0.2, 0) is 0 Å². The third-order valence-corrected chi connectivity index (χ3v) is 4.68. The first-order chi connectivity index (χ1) is 12.3. The molecule has 8 heteroatoms. The van der Waals surface area contributed by atoms with Crippen molar-refractivity contribution in [2.24, 2.45) is 0 Å². The summed E-state index contributed by atoms with van der Waals surface area (Å²) in [6.07, 6.45) is 1.83. The van der Waals surface area contributed by atoms with Gasteiger partial charge in [-0.15, -0.1) is 11.8 Å². The number of rotatable bonds is 7. The highest BCUT2D eigenvalue weighted by atomic mass is 32.2. The normalized spacial score (nSPS) is 12.0. The Balaban J connectivity index is 2.22. The van der Waals surface area contributed by atoms with Crippen molar-refractivity contribution in [1.29, 1.82) is 0 Å². The van der Waals surface area contributed by atoms with Crippen LogP contribution < -0.4 is 5.32 Å². The number of thioether (sulfide) groups is 1. The van der Waals surface area contributed by atoms with Gasteiger partial charge in [-0.25, -0.2) is 4.39 Å². The fourth-order valence-corrected chi connectivity index (χ4v) is 3.02. The molecule has 0 saturated carbocycles. The summed E-state index contributed by atoms with van der Waals surface area (Å²) in [7, 11) is 3.64. The molecule has 0 aliphatic rings. The minimum Gasteiger partial charge on any atom is -0.350 e. The maximum Gasteiger partial charge on any atom is 0.282 e. The number of amides is 1. The molecule has 6 nitrogen and oxygen atoms in total. The van der Waals surface area contributed by atoms with E-state index in [1.807, 2.05) is 25.3 Å². The maximum absolute atomic E-state index is 13.5. The average molecular weight is 377 g/mol. The first kappa shape index (κ1) is 19.9. The highest BCUT2D eigenvalue weighted by molar-refractivity contribution is 7.98. The Kier molecular flexibility index (Phi) is 6.70. The topological polar surface area (TPSA) is 75.5 Å². The van der Waals surface area contributed by atoms with Gasteiger partial charge in [0.05, 0.1) is 11.0 Å². The molecule has 0 spiro atoms. The van der Waals surface area contributed by atoms with Crippen molar-refractivity contribution in [3.63, 3.8) is 0 Å². The largest absolute Gasteiger partial charge is 0.350 e. The van der Waals surface area contributed by atoms with Gasteiger partial charge in [-0.2, -0.15) is 0 Å². The third kappa shape index (κ3) is 4.80. The number of carbonyl (C=O) groups excluding carboxylic acids is 1. The van der Waals surface area contributed by atoms with E-state index in [9.17, 15) is 19.3 Å². The van der Waals surface area contributed by atoms with Crippen LogP contribution in [0, 0.1) is 15.9 Å². The standard InChI is InChI=1S/C18H20FN3O3S/c1-21(2)17(12-5-4-6-13(19)9-12)11-20-18(23)15-10-14(26-3)7-8-16(15)22(24)25/h4-10,17H,11H2,1-3H3,(H,20,23). The van der Waals surface area contributed by atoms with Gasteiger partial charge in [0, 0.05) is 17.5 Å². The van der Waals surface area contributed by atoms with Crippen LogP contribution in [0.2, 0.25) is 0 Å². The van der Waals surface area contributed by atoms with E-state index >= 15 is 0 Å². The van der Waals surface area contributed by atoms with Crippen LogP contribution in [0.15, 0.2) is 47.4 Å². The van der Waals surface area contributed by atoms with Crippen LogP contribution in [0.25, 0.3) is 0 Å². The second kappa shape index (κ2) is 8.77. The maximum atomic E-state index is 13.5. The lowest BCUT2D eigenvalue weighted by atomic mass is 10.1. The van der Waals surface area contributed by atoms with Crippen LogP contribution in [0.5, 0.6) is 0 Å². The van der Waals surface area contributed by atoms with Gasteiger partial charge in [0.25, 0.3) is 11.6 Å². The summed E-state index contributed by atoms with van der Waals surface area (Å²) in [4.78, 5) is 25.8. The SMILES string of the molecule is CSc1ccc([N+](=O)[O-])c(C(=O)NCC(c2cccc(F)c2)N(C)C)c1. The minimum atomic E-state index is -0.574. The summed E-state index contributed by atoms with van der Waals surface area (Å²) in [5.74, 6) is -0.889. The number of hydrogen-bond acceptors (Lipinski definition) is 5. The van der Waals surface area contributed by atoms with E-state index in [-0.39, 0.29) is 29.7 Å². The van der Waals surface area contributed by atoms with Gasteiger partial charge in [-0.1, -0.05) is 12.1 Å². The summed E-state index contributed by atoms with van der Waals surface area (Å²) >= 11 is 1.40. The molecule has 0 bridgehead atoms. The summed E-state index contributed by atoms with van der Waals surface area (Å²) in [6.45, 7) is 0.190. The number of hydrogen-bond donors (Lipinski definition) is 1. The molecule has 0 radical (unpaired) electrons. The number of nitrogens with zero attached hydrogens (tertiary/aromatic N) is 2. The number of likely N-dealkylation sites (N-methyl/N-ethyl adjacent to an activating group) is 1. The zero-order valence-electron chi connectivity index (χ0n) is 14.7. The molecule has 26 heavy (non-hydrogen) atoms. The van der Waals surface area contributed by atoms with Crippen molar-refractivity contribution in [2.45, 2.75) is 10.9 Å². The molecular weight excluding hydrogens is 357 g/mol. The van der Waals surface area contributed by atoms with Crippen molar-refractivity contribution in [2.75, 3.05) is 26.9 Å². The van der Waals surface area contributed by atoms with Crippen molar-refractivity contribution in [3.8, 4) is 0 Å². The lowest BCUT2D eigenvalue weighted by Gasteiger charge is -2.25. The lowest BCUT2D eigenvalue weighted by molar-refractivity contribution is -0.385. The van der Waals surface area contributed by atoms with Crippen LogP contribution in [0.4, 0.5) is 10.1 Å². The van der Waals surface area contributed by atoms with Crippen LogP contribution in [0.1, 0.15) is 22.0 Å². The number of nitro groups is 1. The monoisotopic (exact) mass is 377 g/mol. The quantitative estimate of drug-likeness (QED) is 0.454. The summed E-state index contributed by atoms with van der Waals surface area (Å²) in [5, 5.41) is 13.9. The Morgan fingerprint density at radius 1 is 1.31 bits per heavy atom. The molecular formula is C18H20FN3O3S. The molecule has 0 aromatic heterocycles. The Labute approximate surface area is 155 Å². The molecule has 0 fully saturated rings. The van der Waals surface area contributed by atoms with Crippen LogP contribution >= 0.6 is 11.8 Å². The van der Waals surface area contributed by atoms with Crippen LogP contribution in [0.3, 0.4) is 0 Å². The van der Waals surface area contributed by atoms with E-state index in [1.165, 1.54) is 36.0 Å². The van der Waals surface area contributed by atoms with Gasteiger partial charge < -0.3 is 10.2 Å². The first-order valence-corrected chi connectivity index (χ1v) is 9.08.